The van der Waals surface area contributed by atoms with Gasteiger partial charge in [-0.3, -0.25) is 14.5 Å². The second-order valence-electron chi connectivity index (χ2n) is 10.6. The SMILES string of the molecule is CC(=O)N1CCC(CCNc2cc(C(=O)N3CCC(N4CCc5ccccc5C4)[C@@H](O)C3)ncn2)CC1. The molecule has 2 saturated heterocycles. The molecule has 198 valence electrons. The van der Waals surface area contributed by atoms with Gasteiger partial charge in [0.1, 0.15) is 17.8 Å². The van der Waals surface area contributed by atoms with Gasteiger partial charge >= 0.3 is 0 Å². The molecule has 1 aromatic heterocycles. The number of β-amino-alcohol motifs (C(OH)–C–C–N with tert-alkyl or cyclic N) is 1. The van der Waals surface area contributed by atoms with Crippen LogP contribution in [0.2, 0.25) is 0 Å². The van der Waals surface area contributed by atoms with Gasteiger partial charge in [0.2, 0.25) is 5.91 Å². The van der Waals surface area contributed by atoms with E-state index in [0.29, 0.717) is 30.5 Å². The lowest BCUT2D eigenvalue weighted by molar-refractivity contribution is -0.130. The number of rotatable bonds is 6. The van der Waals surface area contributed by atoms with Gasteiger partial charge in [0.25, 0.3) is 5.91 Å². The average Bonchev–Trinajstić information content (AvgIpc) is 2.93. The minimum atomic E-state index is -0.586. The van der Waals surface area contributed by atoms with E-state index in [-0.39, 0.29) is 17.9 Å². The number of nitrogens with zero attached hydrogens (tertiary/aromatic N) is 5. The number of likely N-dealkylation sites (tertiary alicyclic amines) is 2. The molecule has 4 heterocycles. The van der Waals surface area contributed by atoms with Gasteiger partial charge in [-0.15, -0.1) is 0 Å². The molecule has 2 fully saturated rings. The maximum absolute atomic E-state index is 13.2. The molecule has 0 bridgehead atoms. The highest BCUT2D eigenvalue weighted by Crippen LogP contribution is 2.26. The summed E-state index contributed by atoms with van der Waals surface area (Å²) < 4.78 is 0. The predicted molar refractivity (Wildman–Crippen MR) is 141 cm³/mol. The summed E-state index contributed by atoms with van der Waals surface area (Å²) in [6.45, 7) is 6.76. The van der Waals surface area contributed by atoms with Crippen molar-refractivity contribution < 1.29 is 14.7 Å². The highest BCUT2D eigenvalue weighted by atomic mass is 16.3. The highest BCUT2D eigenvalue weighted by molar-refractivity contribution is 5.93. The molecule has 0 radical (unpaired) electrons. The van der Waals surface area contributed by atoms with E-state index in [1.54, 1.807) is 17.9 Å². The second-order valence-corrected chi connectivity index (χ2v) is 10.6. The van der Waals surface area contributed by atoms with Crippen molar-refractivity contribution in [2.75, 3.05) is 44.6 Å². The average molecular weight is 507 g/mol. The summed E-state index contributed by atoms with van der Waals surface area (Å²) >= 11 is 0. The van der Waals surface area contributed by atoms with E-state index < -0.39 is 6.10 Å². The van der Waals surface area contributed by atoms with Crippen LogP contribution in [0.5, 0.6) is 0 Å². The first-order valence-electron chi connectivity index (χ1n) is 13.6. The van der Waals surface area contributed by atoms with E-state index in [1.165, 1.54) is 17.5 Å². The Hall–Kier alpha value is -3.04. The number of hydrogen-bond donors (Lipinski definition) is 2. The van der Waals surface area contributed by atoms with Gasteiger partial charge in [-0.25, -0.2) is 9.97 Å². The lowest BCUT2D eigenvalue weighted by Gasteiger charge is -2.43. The smallest absolute Gasteiger partial charge is 0.272 e. The third-order valence-electron chi connectivity index (χ3n) is 8.27. The number of aromatic nitrogens is 2. The Bertz CT molecular complexity index is 1100. The molecule has 0 spiro atoms. The van der Waals surface area contributed by atoms with E-state index >= 15 is 0 Å². The van der Waals surface area contributed by atoms with Gasteiger partial charge < -0.3 is 20.2 Å². The first kappa shape index (κ1) is 25.6. The van der Waals surface area contributed by atoms with Gasteiger partial charge in [0.05, 0.1) is 6.10 Å². The number of anilines is 1. The number of piperidine rings is 2. The fourth-order valence-corrected chi connectivity index (χ4v) is 6.00. The Morgan fingerprint density at radius 3 is 2.54 bits per heavy atom. The Morgan fingerprint density at radius 2 is 1.78 bits per heavy atom. The van der Waals surface area contributed by atoms with E-state index in [1.807, 2.05) is 4.90 Å². The van der Waals surface area contributed by atoms with Crippen molar-refractivity contribution in [1.29, 1.82) is 0 Å². The fourth-order valence-electron chi connectivity index (χ4n) is 6.00. The first-order valence-corrected chi connectivity index (χ1v) is 13.6. The third-order valence-corrected chi connectivity index (χ3v) is 8.27. The first-order chi connectivity index (χ1) is 18.0. The minimum Gasteiger partial charge on any atom is -0.390 e. The van der Waals surface area contributed by atoms with Crippen LogP contribution in [-0.4, -0.2) is 93.0 Å². The summed E-state index contributed by atoms with van der Waals surface area (Å²) in [4.78, 5) is 39.2. The molecule has 9 nitrogen and oxygen atoms in total. The molecule has 2 aromatic rings. The molecule has 2 amide bonds. The van der Waals surface area contributed by atoms with Crippen LogP contribution in [0.1, 0.15) is 54.2 Å². The quantitative estimate of drug-likeness (QED) is 0.619. The van der Waals surface area contributed by atoms with Gasteiger partial charge in [0.15, 0.2) is 0 Å². The number of amides is 2. The van der Waals surface area contributed by atoms with Crippen molar-refractivity contribution in [1.82, 2.24) is 24.7 Å². The van der Waals surface area contributed by atoms with Crippen LogP contribution >= 0.6 is 0 Å². The molecule has 0 aliphatic carbocycles. The zero-order valence-electron chi connectivity index (χ0n) is 21.7. The van der Waals surface area contributed by atoms with Crippen LogP contribution in [0.25, 0.3) is 0 Å². The highest BCUT2D eigenvalue weighted by Gasteiger charge is 2.35. The molecular weight excluding hydrogens is 468 g/mol. The molecule has 0 saturated carbocycles. The van der Waals surface area contributed by atoms with Crippen molar-refractivity contribution in [3.05, 3.63) is 53.5 Å². The normalized spacial score (nSPS) is 23.0. The van der Waals surface area contributed by atoms with E-state index in [4.69, 9.17) is 0 Å². The van der Waals surface area contributed by atoms with E-state index in [2.05, 4.69) is 44.5 Å². The van der Waals surface area contributed by atoms with Crippen molar-refractivity contribution >= 4 is 17.6 Å². The largest absolute Gasteiger partial charge is 0.390 e. The summed E-state index contributed by atoms with van der Waals surface area (Å²) in [6, 6.07) is 10.3. The molecule has 3 aliphatic heterocycles. The van der Waals surface area contributed by atoms with Crippen molar-refractivity contribution in [3.8, 4) is 0 Å². The van der Waals surface area contributed by atoms with Gasteiger partial charge in [-0.2, -0.15) is 0 Å². The number of carbonyl (C=O) groups is 2. The van der Waals surface area contributed by atoms with Crippen LogP contribution in [0.4, 0.5) is 5.82 Å². The zero-order chi connectivity index (χ0) is 25.8. The maximum atomic E-state index is 13.2. The standard InChI is InChI=1S/C28H38N6O3/c1-20(35)32-12-7-21(8-13-32)6-11-29-27-16-24(30-19-31-27)28(37)34-15-10-25(26(36)18-34)33-14-9-22-4-2-3-5-23(22)17-33/h2-5,16,19,21,25-26,36H,6-15,17-18H2,1H3,(H,29,30,31)/t25?,26-/m0/s1. The monoisotopic (exact) mass is 506 g/mol. The number of benzene rings is 1. The van der Waals surface area contributed by atoms with Crippen LogP contribution in [-0.2, 0) is 17.8 Å². The number of fused-ring (bicyclic) bond motifs is 1. The Labute approximate surface area is 218 Å². The molecule has 1 aromatic carbocycles. The molecule has 2 N–H and O–H groups in total. The molecule has 1 unspecified atom stereocenters. The van der Waals surface area contributed by atoms with E-state index in [0.717, 1.165) is 64.8 Å². The van der Waals surface area contributed by atoms with Crippen LogP contribution in [0.3, 0.4) is 0 Å². The predicted octanol–water partition coefficient (Wildman–Crippen LogP) is 2.17. The fraction of sp³-hybridized carbons (Fsp3) is 0.571. The number of aliphatic hydroxyl groups excluding tert-OH is 1. The zero-order valence-corrected chi connectivity index (χ0v) is 21.7. The van der Waals surface area contributed by atoms with Crippen molar-refractivity contribution in [2.45, 2.75) is 57.7 Å². The summed E-state index contributed by atoms with van der Waals surface area (Å²) in [5.41, 5.74) is 3.08. The molecule has 3 aliphatic rings. The topological polar surface area (TPSA) is 102 Å². The number of nitrogens with one attached hydrogen (secondary N) is 1. The lowest BCUT2D eigenvalue weighted by Crippen LogP contribution is -2.56. The summed E-state index contributed by atoms with van der Waals surface area (Å²) in [5, 5.41) is 14.3. The molecule has 2 atom stereocenters. The lowest BCUT2D eigenvalue weighted by atomic mass is 9.93. The van der Waals surface area contributed by atoms with Gasteiger partial charge in [-0.05, 0) is 49.1 Å². The van der Waals surface area contributed by atoms with Gasteiger partial charge in [0, 0.05) is 64.8 Å². The van der Waals surface area contributed by atoms with Crippen LogP contribution < -0.4 is 5.32 Å². The number of hydrogen-bond acceptors (Lipinski definition) is 7. The summed E-state index contributed by atoms with van der Waals surface area (Å²) in [5.74, 6) is 1.22. The molecule has 5 rings (SSSR count). The number of carbonyl (C=O) groups excluding carboxylic acids is 2. The number of aliphatic hydroxyl groups is 1. The molecular formula is C28H38N6O3. The van der Waals surface area contributed by atoms with Crippen LogP contribution in [0.15, 0.2) is 36.7 Å². The van der Waals surface area contributed by atoms with Crippen molar-refractivity contribution in [2.24, 2.45) is 5.92 Å². The Kier molecular flexibility index (Phi) is 8.00. The maximum Gasteiger partial charge on any atom is 0.272 e. The summed E-state index contributed by atoms with van der Waals surface area (Å²) in [6.07, 6.45) is 5.63. The van der Waals surface area contributed by atoms with Gasteiger partial charge in [-0.1, -0.05) is 24.3 Å². The van der Waals surface area contributed by atoms with E-state index in [9.17, 15) is 14.7 Å². The third kappa shape index (κ3) is 6.10. The second kappa shape index (κ2) is 11.6. The minimum absolute atomic E-state index is 0.0577. The van der Waals surface area contributed by atoms with Crippen LogP contribution in [0, 0.1) is 5.92 Å². The molecule has 9 heteroatoms. The molecule has 37 heavy (non-hydrogen) atoms. The Balaban J connectivity index is 1.10. The summed E-state index contributed by atoms with van der Waals surface area (Å²) in [7, 11) is 0. The Morgan fingerprint density at radius 1 is 1.03 bits per heavy atom. The van der Waals surface area contributed by atoms with Crippen molar-refractivity contribution in [3.63, 3.8) is 0 Å².